The van der Waals surface area contributed by atoms with Crippen LogP contribution in [0.3, 0.4) is 0 Å². The van der Waals surface area contributed by atoms with E-state index in [1.165, 1.54) is 0 Å². The highest BCUT2D eigenvalue weighted by molar-refractivity contribution is 6.03. The number of fused-ring (bicyclic) bond motifs is 1. The summed E-state index contributed by atoms with van der Waals surface area (Å²) < 4.78 is 0. The summed E-state index contributed by atoms with van der Waals surface area (Å²) in [5, 5.41) is 6.22. The number of anilines is 1. The lowest BCUT2D eigenvalue weighted by Gasteiger charge is -2.11. The number of amides is 2. The molecule has 1 heterocycles. The number of H-pyrrole nitrogens is 1. The third-order valence-corrected chi connectivity index (χ3v) is 5.24. The zero-order valence-corrected chi connectivity index (χ0v) is 18.0. The van der Waals surface area contributed by atoms with E-state index in [9.17, 15) is 14.4 Å². The Morgan fingerprint density at radius 1 is 0.848 bits per heavy atom. The second-order valence-electron chi connectivity index (χ2n) is 7.62. The fourth-order valence-corrected chi connectivity index (χ4v) is 3.55. The van der Waals surface area contributed by atoms with Gasteiger partial charge < -0.3 is 15.6 Å². The molecule has 0 aliphatic rings. The van der Waals surface area contributed by atoms with Gasteiger partial charge in [-0.3, -0.25) is 14.4 Å². The molecule has 0 aliphatic carbocycles. The summed E-state index contributed by atoms with van der Waals surface area (Å²) in [6.45, 7) is 0.492. The molecule has 0 unspecified atom stereocenters. The molecule has 0 spiro atoms. The predicted octanol–water partition coefficient (Wildman–Crippen LogP) is 3.47. The quantitative estimate of drug-likeness (QED) is 0.390. The summed E-state index contributed by atoms with van der Waals surface area (Å²) in [4.78, 5) is 44.5. The van der Waals surface area contributed by atoms with Crippen LogP contribution >= 0.6 is 0 Å². The molecule has 3 aromatic carbocycles. The van der Waals surface area contributed by atoms with Crippen molar-refractivity contribution in [2.75, 3.05) is 11.9 Å². The molecule has 0 aliphatic heterocycles. The van der Waals surface area contributed by atoms with Crippen LogP contribution in [0.2, 0.25) is 0 Å². The topological polar surface area (TPSA) is 104 Å². The van der Waals surface area contributed by atoms with Crippen LogP contribution in [0, 0.1) is 0 Å². The normalized spacial score (nSPS) is 10.7. The van der Waals surface area contributed by atoms with Crippen molar-refractivity contribution in [3.63, 3.8) is 0 Å². The second-order valence-corrected chi connectivity index (χ2v) is 7.62. The number of nitrogens with zero attached hydrogens (tertiary/aromatic N) is 1. The van der Waals surface area contributed by atoms with Gasteiger partial charge in [0.05, 0.1) is 22.2 Å². The number of para-hydroxylation sites is 2. The highest BCUT2D eigenvalue weighted by Crippen LogP contribution is 2.16. The average Bonchev–Trinajstić information content (AvgIpc) is 2.84. The second kappa shape index (κ2) is 10.4. The van der Waals surface area contributed by atoms with Gasteiger partial charge in [-0.1, -0.05) is 54.6 Å². The van der Waals surface area contributed by atoms with Gasteiger partial charge in [0.1, 0.15) is 5.82 Å². The van der Waals surface area contributed by atoms with Crippen LogP contribution in [0.25, 0.3) is 10.9 Å². The molecule has 2 amide bonds. The van der Waals surface area contributed by atoms with Gasteiger partial charge in [-0.15, -0.1) is 0 Å². The van der Waals surface area contributed by atoms with Crippen molar-refractivity contribution in [2.24, 2.45) is 0 Å². The maximum absolute atomic E-state index is 12.7. The van der Waals surface area contributed by atoms with E-state index < -0.39 is 0 Å². The molecular formula is C26H24N4O3. The number of carbonyl (C=O) groups excluding carboxylic acids is 2. The number of rotatable bonds is 8. The standard InChI is InChI=1S/C26H24N4O3/c31-24(15-14-23-28-21-12-6-5-11-20(21)26(33)30-23)29-22-13-7-4-10-19(22)25(32)27-17-16-18-8-2-1-3-9-18/h1-13H,14-17H2,(H,27,32)(H,29,31)(H,28,30,33). The van der Waals surface area contributed by atoms with Gasteiger partial charge in [0.25, 0.3) is 11.5 Å². The molecule has 0 bridgehead atoms. The van der Waals surface area contributed by atoms with Gasteiger partial charge in [0.15, 0.2) is 0 Å². The molecule has 7 nitrogen and oxygen atoms in total. The van der Waals surface area contributed by atoms with Gasteiger partial charge in [0.2, 0.25) is 5.91 Å². The number of aromatic nitrogens is 2. The fourth-order valence-electron chi connectivity index (χ4n) is 3.55. The highest BCUT2D eigenvalue weighted by atomic mass is 16.2. The van der Waals surface area contributed by atoms with Gasteiger partial charge in [-0.25, -0.2) is 4.98 Å². The van der Waals surface area contributed by atoms with Gasteiger partial charge in [-0.2, -0.15) is 0 Å². The first-order valence-electron chi connectivity index (χ1n) is 10.8. The summed E-state index contributed by atoms with van der Waals surface area (Å²) in [6, 6.07) is 23.9. The Labute approximate surface area is 190 Å². The Morgan fingerprint density at radius 3 is 2.42 bits per heavy atom. The van der Waals surface area contributed by atoms with Crippen LogP contribution in [0.5, 0.6) is 0 Å². The third kappa shape index (κ3) is 5.71. The van der Waals surface area contributed by atoms with Crippen molar-refractivity contribution in [3.8, 4) is 0 Å². The van der Waals surface area contributed by atoms with E-state index >= 15 is 0 Å². The zero-order chi connectivity index (χ0) is 23.0. The van der Waals surface area contributed by atoms with E-state index in [2.05, 4.69) is 20.6 Å². The SMILES string of the molecule is O=C(CCc1nc2ccccc2c(=O)[nH]1)Nc1ccccc1C(=O)NCCc1ccccc1. The van der Waals surface area contributed by atoms with Crippen molar-refractivity contribution in [3.05, 3.63) is 106 Å². The Morgan fingerprint density at radius 2 is 1.58 bits per heavy atom. The molecule has 0 fully saturated rings. The highest BCUT2D eigenvalue weighted by Gasteiger charge is 2.13. The van der Waals surface area contributed by atoms with Gasteiger partial charge >= 0.3 is 0 Å². The molecule has 0 radical (unpaired) electrons. The van der Waals surface area contributed by atoms with Crippen molar-refractivity contribution in [1.29, 1.82) is 0 Å². The summed E-state index contributed by atoms with van der Waals surface area (Å²) >= 11 is 0. The van der Waals surface area contributed by atoms with Gasteiger partial charge in [0, 0.05) is 19.4 Å². The van der Waals surface area contributed by atoms with Crippen LogP contribution < -0.4 is 16.2 Å². The van der Waals surface area contributed by atoms with E-state index in [4.69, 9.17) is 0 Å². The van der Waals surface area contributed by atoms with E-state index in [-0.39, 0.29) is 30.2 Å². The summed E-state index contributed by atoms with van der Waals surface area (Å²) in [6.07, 6.45) is 1.11. The number of aromatic amines is 1. The minimum absolute atomic E-state index is 0.116. The van der Waals surface area contributed by atoms with E-state index in [1.54, 1.807) is 42.5 Å². The largest absolute Gasteiger partial charge is 0.352 e. The molecule has 1 aromatic heterocycles. The molecule has 33 heavy (non-hydrogen) atoms. The minimum atomic E-state index is -0.268. The lowest BCUT2D eigenvalue weighted by Crippen LogP contribution is -2.27. The van der Waals surface area contributed by atoms with Crippen molar-refractivity contribution in [2.45, 2.75) is 19.3 Å². The van der Waals surface area contributed by atoms with Crippen molar-refractivity contribution in [1.82, 2.24) is 15.3 Å². The molecule has 0 atom stereocenters. The smallest absolute Gasteiger partial charge is 0.258 e. The molecule has 0 saturated heterocycles. The number of hydrogen-bond acceptors (Lipinski definition) is 4. The van der Waals surface area contributed by atoms with Crippen molar-refractivity contribution < 1.29 is 9.59 Å². The first kappa shape index (κ1) is 22.0. The maximum atomic E-state index is 12.7. The van der Waals surface area contributed by atoms with Crippen LogP contribution in [0.1, 0.15) is 28.2 Å². The molecule has 3 N–H and O–H groups in total. The third-order valence-electron chi connectivity index (χ3n) is 5.24. The maximum Gasteiger partial charge on any atom is 0.258 e. The fraction of sp³-hybridized carbons (Fsp3) is 0.154. The first-order valence-corrected chi connectivity index (χ1v) is 10.8. The Balaban J connectivity index is 1.35. The summed E-state index contributed by atoms with van der Waals surface area (Å²) in [7, 11) is 0. The van der Waals surface area contributed by atoms with Crippen LogP contribution in [-0.4, -0.2) is 28.3 Å². The molecule has 166 valence electrons. The predicted molar refractivity (Wildman–Crippen MR) is 128 cm³/mol. The van der Waals surface area contributed by atoms with Gasteiger partial charge in [-0.05, 0) is 36.2 Å². The Kier molecular flexibility index (Phi) is 6.90. The first-order chi connectivity index (χ1) is 16.1. The van der Waals surface area contributed by atoms with E-state index in [0.717, 1.165) is 12.0 Å². The number of hydrogen-bond donors (Lipinski definition) is 3. The Hall–Kier alpha value is -4.26. The molecule has 7 heteroatoms. The molecule has 4 aromatic rings. The van der Waals surface area contributed by atoms with E-state index in [0.29, 0.717) is 34.5 Å². The molecule has 4 rings (SSSR count). The monoisotopic (exact) mass is 440 g/mol. The number of nitrogens with one attached hydrogen (secondary N) is 3. The summed E-state index contributed by atoms with van der Waals surface area (Å²) in [5.41, 5.74) is 2.35. The number of carbonyl (C=O) groups is 2. The van der Waals surface area contributed by atoms with Crippen LogP contribution in [0.4, 0.5) is 5.69 Å². The lowest BCUT2D eigenvalue weighted by atomic mass is 10.1. The minimum Gasteiger partial charge on any atom is -0.352 e. The van der Waals surface area contributed by atoms with Crippen LogP contribution in [-0.2, 0) is 17.6 Å². The van der Waals surface area contributed by atoms with Crippen molar-refractivity contribution >= 4 is 28.4 Å². The average molecular weight is 441 g/mol. The molecule has 0 saturated carbocycles. The van der Waals surface area contributed by atoms with Crippen LogP contribution in [0.15, 0.2) is 83.7 Å². The molecular weight excluding hydrogens is 416 g/mol. The van der Waals surface area contributed by atoms with E-state index in [1.807, 2.05) is 36.4 Å². The number of benzene rings is 3. The summed E-state index contributed by atoms with van der Waals surface area (Å²) in [5.74, 6) is -0.0708. The lowest BCUT2D eigenvalue weighted by molar-refractivity contribution is -0.116. The Bertz CT molecular complexity index is 1330. The number of aryl methyl sites for hydroxylation is 1. The zero-order valence-electron chi connectivity index (χ0n) is 18.0.